The highest BCUT2D eigenvalue weighted by atomic mass is 19.1. The maximum absolute atomic E-state index is 13.1. The Labute approximate surface area is 148 Å². The molecule has 25 heavy (non-hydrogen) atoms. The van der Waals surface area contributed by atoms with Gasteiger partial charge >= 0.3 is 0 Å². The largest absolute Gasteiger partial charge is 0.380 e. The van der Waals surface area contributed by atoms with Crippen molar-refractivity contribution in [1.29, 1.82) is 0 Å². The molecule has 2 aromatic rings. The summed E-state index contributed by atoms with van der Waals surface area (Å²) >= 11 is 0. The standard InChI is InChI=1S/C20H26FN3O/c1-2-24-11-19-17(14-25-13-16-3-4-16)10-23(12-20(19)22-24)9-15-5-7-18(21)8-6-15/h5-8,11,16-17H,2-4,9-10,12-14H2,1H3/t17-/m0/s1. The van der Waals surface area contributed by atoms with Gasteiger partial charge in [0.1, 0.15) is 5.82 Å². The average Bonchev–Trinajstić information content (AvgIpc) is 3.33. The SMILES string of the molecule is CCn1cc2c(n1)CN(Cc1ccc(F)cc1)C[C@H]2COCC1CC1. The first-order valence-electron chi connectivity index (χ1n) is 9.32. The van der Waals surface area contributed by atoms with Gasteiger partial charge in [-0.1, -0.05) is 12.1 Å². The van der Waals surface area contributed by atoms with Crippen molar-refractivity contribution < 1.29 is 9.13 Å². The number of aromatic nitrogens is 2. The molecule has 1 saturated carbocycles. The van der Waals surface area contributed by atoms with E-state index in [9.17, 15) is 4.39 Å². The molecule has 1 aromatic heterocycles. The van der Waals surface area contributed by atoms with E-state index in [-0.39, 0.29) is 5.82 Å². The molecule has 0 bridgehead atoms. The van der Waals surface area contributed by atoms with Crippen LogP contribution in [0.2, 0.25) is 0 Å². The van der Waals surface area contributed by atoms with Gasteiger partial charge < -0.3 is 4.74 Å². The number of aryl methyl sites for hydroxylation is 1. The number of hydrogen-bond donors (Lipinski definition) is 0. The second kappa shape index (κ2) is 7.26. The van der Waals surface area contributed by atoms with Crippen LogP contribution in [0, 0.1) is 11.7 Å². The van der Waals surface area contributed by atoms with Crippen LogP contribution >= 0.6 is 0 Å². The Morgan fingerprint density at radius 2 is 2.00 bits per heavy atom. The molecular weight excluding hydrogens is 317 g/mol. The van der Waals surface area contributed by atoms with E-state index < -0.39 is 0 Å². The van der Waals surface area contributed by atoms with E-state index >= 15 is 0 Å². The highest BCUT2D eigenvalue weighted by molar-refractivity contribution is 5.26. The molecule has 0 unspecified atom stereocenters. The van der Waals surface area contributed by atoms with Gasteiger partial charge in [-0.15, -0.1) is 0 Å². The van der Waals surface area contributed by atoms with Crippen LogP contribution in [0.5, 0.6) is 0 Å². The minimum Gasteiger partial charge on any atom is -0.380 e. The van der Waals surface area contributed by atoms with Crippen LogP contribution in [0.15, 0.2) is 30.5 Å². The van der Waals surface area contributed by atoms with Crippen LogP contribution in [0.25, 0.3) is 0 Å². The Morgan fingerprint density at radius 3 is 2.72 bits per heavy atom. The summed E-state index contributed by atoms with van der Waals surface area (Å²) in [4.78, 5) is 2.40. The lowest BCUT2D eigenvalue weighted by atomic mass is 9.95. The molecule has 0 saturated heterocycles. The monoisotopic (exact) mass is 343 g/mol. The fourth-order valence-corrected chi connectivity index (χ4v) is 3.56. The van der Waals surface area contributed by atoms with Crippen molar-refractivity contribution in [1.82, 2.24) is 14.7 Å². The summed E-state index contributed by atoms with van der Waals surface area (Å²) in [6, 6.07) is 6.81. The van der Waals surface area contributed by atoms with Gasteiger partial charge in [0.15, 0.2) is 0 Å². The molecule has 0 amide bonds. The van der Waals surface area contributed by atoms with Crippen LogP contribution in [0.3, 0.4) is 0 Å². The molecule has 4 rings (SSSR count). The Morgan fingerprint density at radius 1 is 1.20 bits per heavy atom. The van der Waals surface area contributed by atoms with E-state index in [2.05, 4.69) is 18.0 Å². The van der Waals surface area contributed by atoms with Crippen molar-refractivity contribution in [2.45, 2.75) is 45.3 Å². The summed E-state index contributed by atoms with van der Waals surface area (Å²) < 4.78 is 21.2. The smallest absolute Gasteiger partial charge is 0.123 e. The van der Waals surface area contributed by atoms with Gasteiger partial charge in [0.2, 0.25) is 0 Å². The third-order valence-electron chi connectivity index (χ3n) is 5.18. The molecule has 1 fully saturated rings. The second-order valence-corrected chi connectivity index (χ2v) is 7.36. The summed E-state index contributed by atoms with van der Waals surface area (Å²) in [6.45, 7) is 7.29. The van der Waals surface area contributed by atoms with E-state index in [0.717, 1.165) is 56.6 Å². The third kappa shape index (κ3) is 4.10. The minimum absolute atomic E-state index is 0.183. The molecule has 0 N–H and O–H groups in total. The molecule has 0 radical (unpaired) electrons. The van der Waals surface area contributed by atoms with E-state index in [4.69, 9.17) is 9.84 Å². The fourth-order valence-electron chi connectivity index (χ4n) is 3.56. The Balaban J connectivity index is 1.46. The van der Waals surface area contributed by atoms with Gasteiger partial charge in [0.25, 0.3) is 0 Å². The molecule has 1 aromatic carbocycles. The minimum atomic E-state index is -0.183. The maximum atomic E-state index is 13.1. The predicted molar refractivity (Wildman–Crippen MR) is 94.7 cm³/mol. The van der Waals surface area contributed by atoms with Crippen LogP contribution in [0.4, 0.5) is 4.39 Å². The van der Waals surface area contributed by atoms with Crippen molar-refractivity contribution in [3.05, 3.63) is 53.1 Å². The lowest BCUT2D eigenvalue weighted by molar-refractivity contribution is 0.0890. The van der Waals surface area contributed by atoms with Gasteiger partial charge in [-0.05, 0) is 43.4 Å². The third-order valence-corrected chi connectivity index (χ3v) is 5.18. The van der Waals surface area contributed by atoms with E-state index in [0.29, 0.717) is 5.92 Å². The van der Waals surface area contributed by atoms with Gasteiger partial charge in [-0.2, -0.15) is 5.10 Å². The van der Waals surface area contributed by atoms with Gasteiger partial charge in [0.05, 0.1) is 12.3 Å². The first kappa shape index (κ1) is 16.7. The van der Waals surface area contributed by atoms with Crippen molar-refractivity contribution in [3.8, 4) is 0 Å². The van der Waals surface area contributed by atoms with E-state index in [1.165, 1.54) is 30.5 Å². The number of hydrogen-bond acceptors (Lipinski definition) is 3. The quantitative estimate of drug-likeness (QED) is 0.770. The van der Waals surface area contributed by atoms with Crippen molar-refractivity contribution in [2.75, 3.05) is 19.8 Å². The van der Waals surface area contributed by atoms with Crippen LogP contribution in [0.1, 0.15) is 42.5 Å². The molecule has 2 aliphatic rings. The molecule has 2 heterocycles. The first-order chi connectivity index (χ1) is 12.2. The van der Waals surface area contributed by atoms with Crippen molar-refractivity contribution in [2.24, 2.45) is 5.92 Å². The first-order valence-corrected chi connectivity index (χ1v) is 9.32. The number of fused-ring (bicyclic) bond motifs is 1. The summed E-state index contributed by atoms with van der Waals surface area (Å²) in [7, 11) is 0. The number of nitrogens with zero attached hydrogens (tertiary/aromatic N) is 3. The zero-order valence-corrected chi connectivity index (χ0v) is 14.8. The molecule has 5 heteroatoms. The molecule has 0 spiro atoms. The molecule has 1 atom stereocenters. The highest BCUT2D eigenvalue weighted by Gasteiger charge is 2.29. The lowest BCUT2D eigenvalue weighted by Gasteiger charge is -2.32. The molecule has 1 aliphatic heterocycles. The number of rotatable bonds is 7. The van der Waals surface area contributed by atoms with E-state index in [1.54, 1.807) is 0 Å². The Bertz CT molecular complexity index is 708. The predicted octanol–water partition coefficient (Wildman–Crippen LogP) is 3.57. The van der Waals surface area contributed by atoms with Crippen LogP contribution in [-0.4, -0.2) is 34.4 Å². The van der Waals surface area contributed by atoms with Crippen molar-refractivity contribution in [3.63, 3.8) is 0 Å². The van der Waals surface area contributed by atoms with Gasteiger partial charge in [-0.3, -0.25) is 9.58 Å². The van der Waals surface area contributed by atoms with Gasteiger partial charge in [0, 0.05) is 50.5 Å². The molecular formula is C20H26FN3O. The Kier molecular flexibility index (Phi) is 4.86. The summed E-state index contributed by atoms with van der Waals surface area (Å²) in [5.74, 6) is 0.970. The molecule has 4 nitrogen and oxygen atoms in total. The zero-order chi connectivity index (χ0) is 17.2. The van der Waals surface area contributed by atoms with Crippen LogP contribution in [-0.2, 0) is 24.4 Å². The fraction of sp³-hybridized carbons (Fsp3) is 0.550. The Hall–Kier alpha value is -1.72. The highest BCUT2D eigenvalue weighted by Crippen LogP contribution is 2.32. The number of halogens is 1. The van der Waals surface area contributed by atoms with E-state index in [1.807, 2.05) is 16.8 Å². The second-order valence-electron chi connectivity index (χ2n) is 7.36. The number of benzene rings is 1. The van der Waals surface area contributed by atoms with Crippen LogP contribution < -0.4 is 0 Å². The lowest BCUT2D eigenvalue weighted by Crippen LogP contribution is -2.34. The maximum Gasteiger partial charge on any atom is 0.123 e. The summed E-state index contributed by atoms with van der Waals surface area (Å²) in [6.07, 6.45) is 4.83. The normalized spacial score (nSPS) is 20.6. The average molecular weight is 343 g/mol. The topological polar surface area (TPSA) is 30.3 Å². The van der Waals surface area contributed by atoms with Crippen molar-refractivity contribution >= 4 is 0 Å². The molecule has 134 valence electrons. The summed E-state index contributed by atoms with van der Waals surface area (Å²) in [5, 5.41) is 4.74. The van der Waals surface area contributed by atoms with Gasteiger partial charge in [-0.25, -0.2) is 4.39 Å². The summed E-state index contributed by atoms with van der Waals surface area (Å²) in [5.41, 5.74) is 3.64. The zero-order valence-electron chi connectivity index (χ0n) is 14.8. The number of ether oxygens (including phenoxy) is 1. The molecule has 1 aliphatic carbocycles.